The molecule has 0 atom stereocenters. The first-order valence-electron chi connectivity index (χ1n) is 7.63. The molecule has 0 bridgehead atoms. The number of hydrogen-bond donors (Lipinski definition) is 1. The van der Waals surface area contributed by atoms with Crippen LogP contribution in [0.1, 0.15) is 16.2 Å². The van der Waals surface area contributed by atoms with Gasteiger partial charge >= 0.3 is 5.69 Å². The van der Waals surface area contributed by atoms with Crippen molar-refractivity contribution in [2.75, 3.05) is 7.11 Å². The number of carbonyl (C=O) groups is 1. The second-order valence-corrected chi connectivity index (χ2v) is 6.23. The van der Waals surface area contributed by atoms with Gasteiger partial charge < -0.3 is 10.1 Å². The van der Waals surface area contributed by atoms with Crippen LogP contribution in [0, 0.1) is 10.1 Å². The van der Waals surface area contributed by atoms with Crippen molar-refractivity contribution in [3.63, 3.8) is 0 Å². The number of nitrogens with one attached hydrogen (secondary N) is 1. The summed E-state index contributed by atoms with van der Waals surface area (Å²) in [5.41, 5.74) is 0.748. The van der Waals surface area contributed by atoms with Gasteiger partial charge in [-0.1, -0.05) is 15.9 Å². The van der Waals surface area contributed by atoms with Gasteiger partial charge in [0, 0.05) is 22.2 Å². The predicted molar refractivity (Wildman–Crippen MR) is 97.7 cm³/mol. The van der Waals surface area contributed by atoms with Gasteiger partial charge in [-0.15, -0.1) is 5.10 Å². The van der Waals surface area contributed by atoms with Gasteiger partial charge in [0.25, 0.3) is 5.91 Å². The van der Waals surface area contributed by atoms with Crippen molar-refractivity contribution in [1.29, 1.82) is 0 Å². The first-order chi connectivity index (χ1) is 13.0. The molecule has 0 aliphatic carbocycles. The van der Waals surface area contributed by atoms with Crippen molar-refractivity contribution < 1.29 is 14.5 Å². The number of amides is 1. The fourth-order valence-electron chi connectivity index (χ4n) is 2.33. The minimum Gasteiger partial charge on any atom is -0.490 e. The van der Waals surface area contributed by atoms with Crippen LogP contribution in [-0.2, 0) is 6.54 Å². The van der Waals surface area contributed by atoms with E-state index in [-0.39, 0.29) is 23.5 Å². The number of halogens is 1. The summed E-state index contributed by atoms with van der Waals surface area (Å²) in [5, 5.41) is 25.1. The van der Waals surface area contributed by atoms with E-state index in [1.165, 1.54) is 30.0 Å². The molecule has 1 amide bonds. The predicted octanol–water partition coefficient (Wildman–Crippen LogP) is 2.27. The minimum absolute atomic E-state index is 0.00680. The molecule has 0 fully saturated rings. The van der Waals surface area contributed by atoms with Gasteiger partial charge in [0.15, 0.2) is 11.6 Å². The average molecular weight is 433 g/mol. The summed E-state index contributed by atoms with van der Waals surface area (Å²) in [5.74, 6) is 0.000416. The Balaban J connectivity index is 1.74. The number of ether oxygens (including phenoxy) is 1. The third-order valence-electron chi connectivity index (χ3n) is 3.65. The summed E-state index contributed by atoms with van der Waals surface area (Å²) < 4.78 is 7.39. The third kappa shape index (κ3) is 4.08. The number of benzene rings is 2. The number of aromatic nitrogens is 4. The minimum atomic E-state index is -0.577. The first-order valence-corrected chi connectivity index (χ1v) is 8.42. The van der Waals surface area contributed by atoms with Crippen molar-refractivity contribution in [1.82, 2.24) is 25.5 Å². The van der Waals surface area contributed by atoms with Crippen LogP contribution < -0.4 is 10.1 Å². The van der Waals surface area contributed by atoms with Crippen LogP contribution in [0.3, 0.4) is 0 Å². The largest absolute Gasteiger partial charge is 0.490 e. The van der Waals surface area contributed by atoms with E-state index in [1.54, 1.807) is 0 Å². The summed E-state index contributed by atoms with van der Waals surface area (Å²) in [6.45, 7) is 0.0706. The number of nitro groups is 1. The van der Waals surface area contributed by atoms with E-state index >= 15 is 0 Å². The smallest absolute Gasteiger partial charge is 0.310 e. The zero-order chi connectivity index (χ0) is 19.4. The molecule has 2 aromatic carbocycles. The zero-order valence-corrected chi connectivity index (χ0v) is 15.6. The van der Waals surface area contributed by atoms with E-state index < -0.39 is 10.8 Å². The van der Waals surface area contributed by atoms with Crippen LogP contribution in [-0.4, -0.2) is 38.1 Å². The van der Waals surface area contributed by atoms with Gasteiger partial charge in [0.05, 0.1) is 24.3 Å². The maximum absolute atomic E-state index is 12.4. The van der Waals surface area contributed by atoms with Crippen LogP contribution in [0.15, 0.2) is 46.9 Å². The quantitative estimate of drug-likeness (QED) is 0.467. The van der Waals surface area contributed by atoms with Gasteiger partial charge in [-0.3, -0.25) is 14.9 Å². The van der Waals surface area contributed by atoms with Crippen LogP contribution in [0.2, 0.25) is 0 Å². The number of hydrogen-bond acceptors (Lipinski definition) is 7. The van der Waals surface area contributed by atoms with Crippen LogP contribution >= 0.6 is 15.9 Å². The lowest BCUT2D eigenvalue weighted by Gasteiger charge is -2.08. The maximum atomic E-state index is 12.4. The second-order valence-electron chi connectivity index (χ2n) is 5.31. The number of nitro benzene ring substituents is 1. The maximum Gasteiger partial charge on any atom is 0.310 e. The fraction of sp³-hybridized carbons (Fsp3) is 0.125. The van der Waals surface area contributed by atoms with E-state index in [1.807, 2.05) is 24.3 Å². The molecule has 11 heteroatoms. The lowest BCUT2D eigenvalue weighted by molar-refractivity contribution is -0.385. The van der Waals surface area contributed by atoms with Gasteiger partial charge in [-0.05, 0) is 40.8 Å². The van der Waals surface area contributed by atoms with Gasteiger partial charge in [-0.25, -0.2) is 0 Å². The number of tetrazole rings is 1. The van der Waals surface area contributed by atoms with Crippen molar-refractivity contribution in [2.24, 2.45) is 0 Å². The van der Waals surface area contributed by atoms with Crippen molar-refractivity contribution >= 4 is 27.5 Å². The molecule has 0 unspecified atom stereocenters. The molecule has 0 aliphatic rings. The number of methoxy groups -OCH3 is 1. The van der Waals surface area contributed by atoms with E-state index in [4.69, 9.17) is 4.74 Å². The lowest BCUT2D eigenvalue weighted by atomic mass is 10.1. The molecule has 3 rings (SSSR count). The van der Waals surface area contributed by atoms with E-state index in [9.17, 15) is 14.9 Å². The Morgan fingerprint density at radius 3 is 2.70 bits per heavy atom. The van der Waals surface area contributed by atoms with Gasteiger partial charge in [0.1, 0.15) is 0 Å². The summed E-state index contributed by atoms with van der Waals surface area (Å²) in [6.07, 6.45) is 0. The van der Waals surface area contributed by atoms with Crippen LogP contribution in [0.25, 0.3) is 5.69 Å². The Labute approximate surface area is 161 Å². The SMILES string of the molecule is COc1cc(C(=O)NCc2nnnn2-c2ccc(Br)cc2)ccc1[N+](=O)[O-]. The fourth-order valence-corrected chi connectivity index (χ4v) is 2.59. The summed E-state index contributed by atoms with van der Waals surface area (Å²) in [6, 6.07) is 11.2. The highest BCUT2D eigenvalue weighted by molar-refractivity contribution is 9.10. The Hall–Kier alpha value is -3.34. The van der Waals surface area contributed by atoms with Crippen LogP contribution in [0.5, 0.6) is 5.75 Å². The number of rotatable bonds is 6. The molecule has 0 aliphatic heterocycles. The number of nitrogens with zero attached hydrogens (tertiary/aromatic N) is 5. The van der Waals surface area contributed by atoms with Gasteiger partial charge in [-0.2, -0.15) is 4.68 Å². The highest BCUT2D eigenvalue weighted by Crippen LogP contribution is 2.27. The van der Waals surface area contributed by atoms with Crippen molar-refractivity contribution in [3.8, 4) is 11.4 Å². The molecule has 0 saturated heterocycles. The molecule has 0 spiro atoms. The normalized spacial score (nSPS) is 10.4. The molecule has 1 aromatic heterocycles. The van der Waals surface area contributed by atoms with E-state index in [0.717, 1.165) is 10.2 Å². The molecule has 27 heavy (non-hydrogen) atoms. The molecule has 1 heterocycles. The topological polar surface area (TPSA) is 125 Å². The van der Waals surface area contributed by atoms with Crippen molar-refractivity contribution in [2.45, 2.75) is 6.54 Å². The molecule has 138 valence electrons. The molecule has 0 radical (unpaired) electrons. The summed E-state index contributed by atoms with van der Waals surface area (Å²) in [7, 11) is 1.30. The Morgan fingerprint density at radius 2 is 2.04 bits per heavy atom. The summed E-state index contributed by atoms with van der Waals surface area (Å²) >= 11 is 3.36. The molecule has 0 saturated carbocycles. The van der Waals surface area contributed by atoms with Crippen LogP contribution in [0.4, 0.5) is 5.69 Å². The molecule has 3 aromatic rings. The standard InChI is InChI=1S/C16H13BrN6O4/c1-27-14-8-10(2-7-13(14)23(25)26)16(24)18-9-15-19-20-21-22(15)12-5-3-11(17)4-6-12/h2-8H,9H2,1H3,(H,18,24). The van der Waals surface area contributed by atoms with Crippen molar-refractivity contribution in [3.05, 3.63) is 68.4 Å². The third-order valence-corrected chi connectivity index (χ3v) is 4.18. The monoisotopic (exact) mass is 432 g/mol. The Bertz CT molecular complexity index is 989. The van der Waals surface area contributed by atoms with E-state index in [2.05, 4.69) is 36.8 Å². The number of carbonyl (C=O) groups excluding carboxylic acids is 1. The first kappa shape index (κ1) is 18.5. The second kappa shape index (κ2) is 7.91. The van der Waals surface area contributed by atoms with E-state index in [0.29, 0.717) is 5.82 Å². The summed E-state index contributed by atoms with van der Waals surface area (Å²) in [4.78, 5) is 22.7. The lowest BCUT2D eigenvalue weighted by Crippen LogP contribution is -2.24. The zero-order valence-electron chi connectivity index (χ0n) is 14.0. The average Bonchev–Trinajstić information content (AvgIpc) is 3.14. The van der Waals surface area contributed by atoms with Gasteiger partial charge in [0.2, 0.25) is 0 Å². The molecule has 10 nitrogen and oxygen atoms in total. The molecule has 1 N–H and O–H groups in total. The molecular weight excluding hydrogens is 420 g/mol. The molecular formula is C16H13BrN6O4. The highest BCUT2D eigenvalue weighted by Gasteiger charge is 2.18. The Kier molecular flexibility index (Phi) is 5.41. The highest BCUT2D eigenvalue weighted by atomic mass is 79.9. The Morgan fingerprint density at radius 1 is 1.30 bits per heavy atom.